The first-order valence-electron chi connectivity index (χ1n) is 7.98. The molecule has 1 fully saturated rings. The van der Waals surface area contributed by atoms with Gasteiger partial charge in [-0.25, -0.2) is 0 Å². The summed E-state index contributed by atoms with van der Waals surface area (Å²) in [6.45, 7) is 2.53. The highest BCUT2D eigenvalue weighted by Crippen LogP contribution is 2.24. The number of nitrogens with zero attached hydrogens (tertiary/aromatic N) is 1. The van der Waals surface area contributed by atoms with Crippen molar-refractivity contribution in [3.63, 3.8) is 0 Å². The smallest absolute Gasteiger partial charge is 0.264 e. The average molecular weight is 363 g/mol. The zero-order valence-corrected chi connectivity index (χ0v) is 15.0. The summed E-state index contributed by atoms with van der Waals surface area (Å²) in [7, 11) is 0. The van der Waals surface area contributed by atoms with Gasteiger partial charge in [-0.15, -0.1) is 11.3 Å². The zero-order valence-electron chi connectivity index (χ0n) is 13.4. The first-order chi connectivity index (χ1) is 11.6. The number of anilines is 1. The van der Waals surface area contributed by atoms with E-state index in [4.69, 9.17) is 11.6 Å². The first-order valence-corrected chi connectivity index (χ1v) is 9.23. The molecule has 4 nitrogen and oxygen atoms in total. The van der Waals surface area contributed by atoms with Crippen molar-refractivity contribution in [1.82, 2.24) is 4.90 Å². The first kappa shape index (κ1) is 17.0. The second-order valence-corrected chi connectivity index (χ2v) is 7.30. The van der Waals surface area contributed by atoms with Crippen LogP contribution >= 0.6 is 22.9 Å². The van der Waals surface area contributed by atoms with E-state index in [9.17, 15) is 9.59 Å². The molecule has 2 aromatic rings. The van der Waals surface area contributed by atoms with Gasteiger partial charge in [0.2, 0.25) is 5.91 Å². The molecule has 1 saturated heterocycles. The van der Waals surface area contributed by atoms with Gasteiger partial charge in [0.25, 0.3) is 5.91 Å². The molecule has 0 saturated carbocycles. The van der Waals surface area contributed by atoms with E-state index < -0.39 is 6.04 Å². The van der Waals surface area contributed by atoms with E-state index in [0.717, 1.165) is 18.4 Å². The fraction of sp³-hybridized carbons (Fsp3) is 0.333. The molecule has 24 heavy (non-hydrogen) atoms. The lowest BCUT2D eigenvalue weighted by Crippen LogP contribution is -2.49. The normalized spacial score (nSPS) is 17.6. The lowest BCUT2D eigenvalue weighted by Gasteiger charge is -2.34. The van der Waals surface area contributed by atoms with Gasteiger partial charge < -0.3 is 10.2 Å². The number of amides is 2. The summed E-state index contributed by atoms with van der Waals surface area (Å²) in [6, 6.07) is 8.65. The van der Waals surface area contributed by atoms with E-state index in [2.05, 4.69) is 5.32 Å². The fourth-order valence-electron chi connectivity index (χ4n) is 2.89. The van der Waals surface area contributed by atoms with Crippen molar-refractivity contribution in [2.45, 2.75) is 32.2 Å². The number of carbonyl (C=O) groups is 2. The third kappa shape index (κ3) is 3.62. The van der Waals surface area contributed by atoms with Crippen LogP contribution in [0.4, 0.5) is 5.69 Å². The Balaban J connectivity index is 1.75. The van der Waals surface area contributed by atoms with Crippen LogP contribution in [0.3, 0.4) is 0 Å². The minimum atomic E-state index is -0.437. The SMILES string of the molecule is Cc1ccc(NC(=O)[C@@H]2CCCCN2C(=O)c2cccs2)cc1Cl. The number of piperidine rings is 1. The van der Waals surface area contributed by atoms with Crippen LogP contribution in [0.1, 0.15) is 34.5 Å². The molecular formula is C18H19ClN2O2S. The van der Waals surface area contributed by atoms with E-state index in [-0.39, 0.29) is 11.8 Å². The van der Waals surface area contributed by atoms with Crippen molar-refractivity contribution in [3.05, 3.63) is 51.2 Å². The van der Waals surface area contributed by atoms with Gasteiger partial charge in [0.15, 0.2) is 0 Å². The lowest BCUT2D eigenvalue weighted by molar-refractivity contribution is -0.121. The van der Waals surface area contributed by atoms with E-state index in [1.807, 2.05) is 30.5 Å². The van der Waals surface area contributed by atoms with Crippen molar-refractivity contribution < 1.29 is 9.59 Å². The minimum Gasteiger partial charge on any atom is -0.326 e. The van der Waals surface area contributed by atoms with Crippen LogP contribution in [0, 0.1) is 6.92 Å². The highest BCUT2D eigenvalue weighted by atomic mass is 35.5. The van der Waals surface area contributed by atoms with Crippen LogP contribution in [0.25, 0.3) is 0 Å². The summed E-state index contributed by atoms with van der Waals surface area (Å²) < 4.78 is 0. The predicted molar refractivity (Wildman–Crippen MR) is 97.8 cm³/mol. The molecule has 6 heteroatoms. The van der Waals surface area contributed by atoms with Gasteiger partial charge in [0, 0.05) is 17.3 Å². The number of aryl methyl sites for hydroxylation is 1. The molecule has 3 rings (SSSR count). The number of benzene rings is 1. The molecular weight excluding hydrogens is 344 g/mol. The van der Waals surface area contributed by atoms with Crippen LogP contribution in [0.15, 0.2) is 35.7 Å². The molecule has 1 aliphatic rings. The molecule has 126 valence electrons. The Bertz CT molecular complexity index is 745. The molecule has 0 aliphatic carbocycles. The van der Waals surface area contributed by atoms with Gasteiger partial charge in [0.05, 0.1) is 4.88 Å². The third-order valence-corrected chi connectivity index (χ3v) is 5.50. The molecule has 2 heterocycles. The summed E-state index contributed by atoms with van der Waals surface area (Å²) in [5.74, 6) is -0.216. The van der Waals surface area contributed by atoms with Crippen LogP contribution < -0.4 is 5.32 Å². The number of thiophene rings is 1. The molecule has 1 N–H and O–H groups in total. The number of nitrogens with one attached hydrogen (secondary N) is 1. The summed E-state index contributed by atoms with van der Waals surface area (Å²) in [5.41, 5.74) is 1.62. The Morgan fingerprint density at radius 1 is 1.29 bits per heavy atom. The fourth-order valence-corrected chi connectivity index (χ4v) is 3.74. The molecule has 1 aliphatic heterocycles. The van der Waals surface area contributed by atoms with Crippen molar-refractivity contribution >= 4 is 40.4 Å². The third-order valence-electron chi connectivity index (χ3n) is 4.24. The lowest BCUT2D eigenvalue weighted by atomic mass is 10.0. The summed E-state index contributed by atoms with van der Waals surface area (Å²) in [6.07, 6.45) is 2.56. The number of carbonyl (C=O) groups excluding carboxylic acids is 2. The summed E-state index contributed by atoms with van der Waals surface area (Å²) in [4.78, 5) is 27.7. The largest absolute Gasteiger partial charge is 0.326 e. The molecule has 2 amide bonds. The van der Waals surface area contributed by atoms with Crippen LogP contribution in [0.2, 0.25) is 5.02 Å². The Kier molecular flexibility index (Phi) is 5.21. The monoisotopic (exact) mass is 362 g/mol. The molecule has 1 atom stereocenters. The number of halogens is 1. The highest BCUT2D eigenvalue weighted by Gasteiger charge is 2.33. The Labute approximate surface area is 150 Å². The predicted octanol–water partition coefficient (Wildman–Crippen LogP) is 4.34. The summed E-state index contributed by atoms with van der Waals surface area (Å²) >= 11 is 7.52. The number of rotatable bonds is 3. The standard InChI is InChI=1S/C18H19ClN2O2S/c1-12-7-8-13(11-14(12)19)20-17(22)15-5-2-3-9-21(15)18(23)16-6-4-10-24-16/h4,6-8,10-11,15H,2-3,5,9H2,1H3,(H,20,22)/t15-/m0/s1. The molecule has 0 radical (unpaired) electrons. The van der Waals surface area contributed by atoms with Gasteiger partial charge in [-0.1, -0.05) is 23.7 Å². The van der Waals surface area contributed by atoms with Crippen molar-refractivity contribution in [2.24, 2.45) is 0 Å². The second-order valence-electron chi connectivity index (χ2n) is 5.94. The highest BCUT2D eigenvalue weighted by molar-refractivity contribution is 7.12. The van der Waals surface area contributed by atoms with E-state index >= 15 is 0 Å². The van der Waals surface area contributed by atoms with Crippen LogP contribution in [-0.4, -0.2) is 29.3 Å². The van der Waals surface area contributed by atoms with Gasteiger partial charge >= 0.3 is 0 Å². The Morgan fingerprint density at radius 2 is 2.12 bits per heavy atom. The Morgan fingerprint density at radius 3 is 2.83 bits per heavy atom. The van der Waals surface area contributed by atoms with Crippen molar-refractivity contribution in [2.75, 3.05) is 11.9 Å². The van der Waals surface area contributed by atoms with Crippen LogP contribution in [-0.2, 0) is 4.79 Å². The van der Waals surface area contributed by atoms with Crippen molar-refractivity contribution in [1.29, 1.82) is 0 Å². The maximum absolute atomic E-state index is 12.7. The molecule has 1 aromatic carbocycles. The van der Waals surface area contributed by atoms with E-state index in [1.54, 1.807) is 17.0 Å². The maximum Gasteiger partial charge on any atom is 0.264 e. The van der Waals surface area contributed by atoms with Gasteiger partial charge in [0.1, 0.15) is 6.04 Å². The topological polar surface area (TPSA) is 49.4 Å². The van der Waals surface area contributed by atoms with Crippen LogP contribution in [0.5, 0.6) is 0 Å². The van der Waals surface area contributed by atoms with Crippen molar-refractivity contribution in [3.8, 4) is 0 Å². The van der Waals surface area contributed by atoms with E-state index in [0.29, 0.717) is 28.6 Å². The average Bonchev–Trinajstić information content (AvgIpc) is 3.12. The quantitative estimate of drug-likeness (QED) is 0.882. The zero-order chi connectivity index (χ0) is 17.1. The number of hydrogen-bond acceptors (Lipinski definition) is 3. The summed E-state index contributed by atoms with van der Waals surface area (Å²) in [5, 5.41) is 5.39. The maximum atomic E-state index is 12.7. The van der Waals surface area contributed by atoms with Gasteiger partial charge in [-0.3, -0.25) is 9.59 Å². The molecule has 0 spiro atoms. The Hall–Kier alpha value is -1.85. The number of hydrogen-bond donors (Lipinski definition) is 1. The second kappa shape index (κ2) is 7.36. The minimum absolute atomic E-state index is 0.0632. The molecule has 0 unspecified atom stereocenters. The van der Waals surface area contributed by atoms with E-state index in [1.165, 1.54) is 11.3 Å². The van der Waals surface area contributed by atoms with Gasteiger partial charge in [-0.05, 0) is 55.3 Å². The molecule has 1 aromatic heterocycles. The number of likely N-dealkylation sites (tertiary alicyclic amines) is 1. The molecule has 0 bridgehead atoms. The van der Waals surface area contributed by atoms with Gasteiger partial charge in [-0.2, -0.15) is 0 Å².